The van der Waals surface area contributed by atoms with E-state index in [2.05, 4.69) is 36.9 Å². The molecule has 376 valence electrons. The second kappa shape index (κ2) is 24.9. The van der Waals surface area contributed by atoms with Crippen LogP contribution in [0.1, 0.15) is 153 Å². The van der Waals surface area contributed by atoms with Crippen LogP contribution in [0, 0.1) is 12.3 Å². The highest BCUT2D eigenvalue weighted by Gasteiger charge is 2.44. The smallest absolute Gasteiger partial charge is 0.246 e. The van der Waals surface area contributed by atoms with Crippen LogP contribution in [0.25, 0.3) is 32.7 Å². The first-order valence-electron chi connectivity index (χ1n) is 25.7. The van der Waals surface area contributed by atoms with Gasteiger partial charge in [-0.3, -0.25) is 19.2 Å². The molecule has 0 unspecified atom stereocenters. The standard InChI is InChI=1S/C55H74N8O6S/c1-37-50(70-36-57-37)39-27-25-38(26-28-39)32-56-53(68)46-31-42(64)35-63(46)54(69)51(55(2,3)4)59-48(66)23-17-15-13-11-9-7-5-6-8-10-12-14-16-18-24-49(67)62-33-41(34-62)44-29-40-30-45(60-61-52(40)58-44)43-21-19-20-22-47(43)65/h19-22,25-30,36,41-42,46,51,64-65H,5-18,23-24,31-35H2,1-4H3,(H,56,68)(H,58,61)(H,59,66)/t42-,46+,51-/m1/s1. The van der Waals surface area contributed by atoms with Crippen molar-refractivity contribution in [3.63, 3.8) is 0 Å². The third-order valence-corrected chi connectivity index (χ3v) is 15.0. The largest absolute Gasteiger partial charge is 0.507 e. The van der Waals surface area contributed by atoms with Crippen molar-refractivity contribution in [3.05, 3.63) is 83.1 Å². The molecule has 4 amide bonds. The number of aryl methyl sites for hydroxylation is 1. The zero-order chi connectivity index (χ0) is 49.6. The van der Waals surface area contributed by atoms with Crippen molar-refractivity contribution < 1.29 is 29.4 Å². The molecular weight excluding hydrogens is 901 g/mol. The number of likely N-dealkylation sites (tertiary alicyclic amines) is 2. The highest BCUT2D eigenvalue weighted by Crippen LogP contribution is 2.33. The number of amides is 4. The molecule has 0 radical (unpaired) electrons. The van der Waals surface area contributed by atoms with E-state index < -0.39 is 23.6 Å². The molecule has 2 aliphatic rings. The molecule has 3 aromatic heterocycles. The first-order chi connectivity index (χ1) is 33.7. The number of carbonyl (C=O) groups is 4. The third kappa shape index (κ3) is 14.2. The normalized spacial score (nSPS) is 16.6. The summed E-state index contributed by atoms with van der Waals surface area (Å²) in [5.74, 6) is -0.137. The van der Waals surface area contributed by atoms with Crippen LogP contribution in [0.2, 0.25) is 0 Å². The number of nitrogens with one attached hydrogen (secondary N) is 3. The summed E-state index contributed by atoms with van der Waals surface area (Å²) >= 11 is 1.59. The molecule has 0 bridgehead atoms. The first kappa shape index (κ1) is 52.2. The van der Waals surface area contributed by atoms with Gasteiger partial charge >= 0.3 is 0 Å². The first-order valence-corrected chi connectivity index (χ1v) is 26.6. The number of benzene rings is 2. The van der Waals surface area contributed by atoms with Crippen LogP contribution in [-0.4, -0.2) is 102 Å². The van der Waals surface area contributed by atoms with Gasteiger partial charge in [-0.25, -0.2) is 4.98 Å². The summed E-state index contributed by atoms with van der Waals surface area (Å²) in [5.41, 5.74) is 7.27. The van der Waals surface area contributed by atoms with Crippen molar-refractivity contribution >= 4 is 46.0 Å². The summed E-state index contributed by atoms with van der Waals surface area (Å²) in [4.78, 5) is 65.6. The third-order valence-electron chi connectivity index (χ3n) is 14.0. The number of carbonyl (C=O) groups excluding carboxylic acids is 4. The minimum Gasteiger partial charge on any atom is -0.507 e. The zero-order valence-corrected chi connectivity index (χ0v) is 42.5. The molecule has 5 heterocycles. The minimum absolute atomic E-state index is 0.0488. The van der Waals surface area contributed by atoms with E-state index in [0.29, 0.717) is 36.3 Å². The van der Waals surface area contributed by atoms with Crippen LogP contribution in [0.5, 0.6) is 5.75 Å². The Kier molecular flexibility index (Phi) is 18.6. The predicted octanol–water partition coefficient (Wildman–Crippen LogP) is 9.74. The van der Waals surface area contributed by atoms with E-state index in [1.807, 2.05) is 80.6 Å². The number of unbranched alkanes of at least 4 members (excludes halogenated alkanes) is 13. The summed E-state index contributed by atoms with van der Waals surface area (Å²) < 4.78 is 0. The van der Waals surface area contributed by atoms with Gasteiger partial charge in [-0.1, -0.05) is 134 Å². The number of phenols is 1. The number of aromatic nitrogens is 4. The number of aromatic hydroxyl groups is 1. The molecule has 2 fully saturated rings. The lowest BCUT2D eigenvalue weighted by Gasteiger charge is -2.39. The number of aliphatic hydroxyl groups is 1. The van der Waals surface area contributed by atoms with Crippen LogP contribution >= 0.6 is 11.3 Å². The maximum atomic E-state index is 14.0. The Morgan fingerprint density at radius 3 is 2.06 bits per heavy atom. The van der Waals surface area contributed by atoms with Crippen LogP contribution in [0.3, 0.4) is 0 Å². The number of aromatic amines is 1. The van der Waals surface area contributed by atoms with Gasteiger partial charge in [0.25, 0.3) is 0 Å². The topological polar surface area (TPSA) is 194 Å². The molecule has 3 atom stereocenters. The maximum absolute atomic E-state index is 14.0. The number of hydrogen-bond donors (Lipinski definition) is 5. The van der Waals surface area contributed by atoms with Crippen molar-refractivity contribution in [1.82, 2.24) is 40.6 Å². The van der Waals surface area contributed by atoms with E-state index in [1.54, 1.807) is 23.5 Å². The van der Waals surface area contributed by atoms with Gasteiger partial charge in [-0.05, 0) is 60.6 Å². The van der Waals surface area contributed by atoms with E-state index in [1.165, 1.54) is 56.3 Å². The van der Waals surface area contributed by atoms with Gasteiger partial charge in [0.2, 0.25) is 23.6 Å². The zero-order valence-electron chi connectivity index (χ0n) is 41.7. The average molecular weight is 975 g/mol. The van der Waals surface area contributed by atoms with E-state index in [4.69, 9.17) is 0 Å². The number of para-hydroxylation sites is 1. The number of hydrogen-bond acceptors (Lipinski definition) is 10. The lowest BCUT2D eigenvalue weighted by atomic mass is 9.85. The van der Waals surface area contributed by atoms with E-state index >= 15 is 0 Å². The molecule has 2 aliphatic heterocycles. The van der Waals surface area contributed by atoms with Crippen LogP contribution < -0.4 is 10.6 Å². The number of β-amino-alcohol motifs (C(OH)–C–C–N with tert-alkyl or cyclic N) is 1. The lowest BCUT2D eigenvalue weighted by molar-refractivity contribution is -0.144. The van der Waals surface area contributed by atoms with Gasteiger partial charge in [0.15, 0.2) is 5.65 Å². The van der Waals surface area contributed by atoms with E-state index in [-0.39, 0.29) is 48.3 Å². The van der Waals surface area contributed by atoms with Gasteiger partial charge in [-0.15, -0.1) is 21.5 Å². The summed E-state index contributed by atoms with van der Waals surface area (Å²) in [5, 5.41) is 36.3. The van der Waals surface area contributed by atoms with Gasteiger partial charge < -0.3 is 35.6 Å². The van der Waals surface area contributed by atoms with Crippen molar-refractivity contribution in [2.24, 2.45) is 5.41 Å². The van der Waals surface area contributed by atoms with Gasteiger partial charge in [0.05, 0.1) is 27.9 Å². The Hall–Kier alpha value is -5.67. The van der Waals surface area contributed by atoms with Crippen LogP contribution in [-0.2, 0) is 25.7 Å². The fourth-order valence-electron chi connectivity index (χ4n) is 9.73. The predicted molar refractivity (Wildman–Crippen MR) is 276 cm³/mol. The van der Waals surface area contributed by atoms with Crippen LogP contribution in [0.4, 0.5) is 0 Å². The number of thiazole rings is 1. The quantitative estimate of drug-likeness (QED) is 0.0354. The SMILES string of the molecule is Cc1ncsc1-c1ccc(CNC(=O)[C@@H]2C[C@@H](O)CN2C(=O)[C@@H](NC(=O)CCCCCCCCCCCCCCCCC(=O)N2CC(c3cc4cc(-c5ccccc5O)nnc4[nH]3)C2)C(C)(C)C)cc1. The maximum Gasteiger partial charge on any atom is 0.246 e. The van der Waals surface area contributed by atoms with Crippen molar-refractivity contribution in [2.45, 2.75) is 167 Å². The second-order valence-electron chi connectivity index (χ2n) is 20.7. The Balaban J connectivity index is 0.682. The molecule has 15 heteroatoms. The van der Waals surface area contributed by atoms with Gasteiger partial charge in [0.1, 0.15) is 17.8 Å². The Bertz CT molecular complexity index is 2510. The Labute approximate surface area is 417 Å². The molecule has 5 N–H and O–H groups in total. The fraction of sp³-hybridized carbons (Fsp3) is 0.545. The monoisotopic (exact) mass is 975 g/mol. The minimum atomic E-state index is -0.825. The summed E-state index contributed by atoms with van der Waals surface area (Å²) in [6, 6.07) is 17.5. The summed E-state index contributed by atoms with van der Waals surface area (Å²) in [6.07, 6.45) is 16.1. The molecule has 0 spiro atoms. The van der Waals surface area contributed by atoms with Gasteiger partial charge in [0, 0.05) is 68.0 Å². The molecule has 0 aliphatic carbocycles. The Morgan fingerprint density at radius 1 is 0.814 bits per heavy atom. The van der Waals surface area contributed by atoms with E-state index in [0.717, 1.165) is 84.4 Å². The van der Waals surface area contributed by atoms with Crippen molar-refractivity contribution in [3.8, 4) is 27.4 Å². The molecular formula is C55H74N8O6S. The number of aliphatic hydroxyl groups excluding tert-OH is 1. The molecule has 2 saturated heterocycles. The number of phenolic OH excluding ortho intramolecular Hbond substituents is 1. The van der Waals surface area contributed by atoms with Crippen LogP contribution in [0.15, 0.2) is 66.2 Å². The highest BCUT2D eigenvalue weighted by atomic mass is 32.1. The molecule has 0 saturated carbocycles. The molecule has 70 heavy (non-hydrogen) atoms. The number of H-pyrrole nitrogens is 1. The Morgan fingerprint density at radius 2 is 1.44 bits per heavy atom. The summed E-state index contributed by atoms with van der Waals surface area (Å²) in [6.45, 7) is 9.50. The number of rotatable bonds is 25. The highest BCUT2D eigenvalue weighted by molar-refractivity contribution is 7.13. The molecule has 14 nitrogen and oxygen atoms in total. The lowest BCUT2D eigenvalue weighted by Crippen LogP contribution is -2.57. The fourth-order valence-corrected chi connectivity index (χ4v) is 10.5. The van der Waals surface area contributed by atoms with E-state index in [9.17, 15) is 29.4 Å². The number of fused-ring (bicyclic) bond motifs is 1. The molecule has 2 aromatic carbocycles. The number of nitrogens with zero attached hydrogens (tertiary/aromatic N) is 5. The second-order valence-corrected chi connectivity index (χ2v) is 21.5. The molecule has 5 aromatic rings. The van der Waals surface area contributed by atoms with Crippen molar-refractivity contribution in [2.75, 3.05) is 19.6 Å². The van der Waals surface area contributed by atoms with Gasteiger partial charge in [-0.2, -0.15) is 0 Å². The molecule has 7 rings (SSSR count). The van der Waals surface area contributed by atoms with Crippen molar-refractivity contribution in [1.29, 1.82) is 0 Å². The summed E-state index contributed by atoms with van der Waals surface area (Å²) in [7, 11) is 0. The average Bonchev–Trinajstić information content (AvgIpc) is 4.06.